The second-order valence-corrected chi connectivity index (χ2v) is 8.01. The van der Waals surface area contributed by atoms with Gasteiger partial charge in [-0.25, -0.2) is 0 Å². The number of hydrogen-bond acceptors (Lipinski definition) is 5. The summed E-state index contributed by atoms with van der Waals surface area (Å²) in [5.74, 6) is -0.0274. The SMILES string of the molecule is O=C(COc1ccc(NC(=O)C2C3CC4OC(=O)C2C4C3)cc1)c1ccccc1. The first kappa shape index (κ1) is 17.9. The number of amides is 1. The highest BCUT2D eigenvalue weighted by Gasteiger charge is 2.63. The van der Waals surface area contributed by atoms with E-state index in [1.165, 1.54) is 0 Å². The van der Waals surface area contributed by atoms with Crippen LogP contribution < -0.4 is 10.1 Å². The second-order valence-electron chi connectivity index (χ2n) is 8.01. The van der Waals surface area contributed by atoms with Gasteiger partial charge < -0.3 is 14.8 Å². The molecule has 1 amide bonds. The van der Waals surface area contributed by atoms with Crippen LogP contribution in [0.15, 0.2) is 54.6 Å². The van der Waals surface area contributed by atoms with Crippen molar-refractivity contribution >= 4 is 23.3 Å². The lowest BCUT2D eigenvalue weighted by Gasteiger charge is -2.23. The number of rotatable bonds is 6. The lowest BCUT2D eigenvalue weighted by Crippen LogP contribution is -2.35. The van der Waals surface area contributed by atoms with Crippen LogP contribution in [0.2, 0.25) is 0 Å². The molecule has 2 aromatic rings. The van der Waals surface area contributed by atoms with Crippen LogP contribution in [0.5, 0.6) is 5.75 Å². The molecule has 1 saturated heterocycles. The normalized spacial score (nSPS) is 28.8. The van der Waals surface area contributed by atoms with Crippen LogP contribution in [-0.2, 0) is 14.3 Å². The Bertz CT molecular complexity index is 953. The van der Waals surface area contributed by atoms with Crippen molar-refractivity contribution in [2.75, 3.05) is 11.9 Å². The largest absolute Gasteiger partial charge is 0.485 e. The number of ketones is 1. The topological polar surface area (TPSA) is 81.7 Å². The zero-order valence-electron chi connectivity index (χ0n) is 15.7. The Labute approximate surface area is 168 Å². The highest BCUT2D eigenvalue weighted by molar-refractivity contribution is 5.97. The first-order valence-electron chi connectivity index (χ1n) is 9.92. The van der Waals surface area contributed by atoms with Crippen molar-refractivity contribution in [2.45, 2.75) is 18.9 Å². The maximum atomic E-state index is 12.8. The number of Topliss-reactive ketones (excluding diaryl/α,β-unsaturated/α-hetero) is 1. The fraction of sp³-hybridized carbons (Fsp3) is 0.348. The highest BCUT2D eigenvalue weighted by Crippen LogP contribution is 2.57. The van der Waals surface area contributed by atoms with Crippen molar-refractivity contribution in [2.24, 2.45) is 23.7 Å². The maximum absolute atomic E-state index is 12.8. The van der Waals surface area contributed by atoms with Gasteiger partial charge in [0.15, 0.2) is 12.4 Å². The van der Waals surface area contributed by atoms with Crippen molar-refractivity contribution in [1.82, 2.24) is 0 Å². The van der Waals surface area contributed by atoms with Gasteiger partial charge in [-0.2, -0.15) is 0 Å². The monoisotopic (exact) mass is 391 g/mol. The Morgan fingerprint density at radius 3 is 2.55 bits per heavy atom. The minimum absolute atomic E-state index is 0.0246. The van der Waals surface area contributed by atoms with Gasteiger partial charge in [-0.15, -0.1) is 0 Å². The van der Waals surface area contributed by atoms with Crippen LogP contribution in [0.25, 0.3) is 0 Å². The molecule has 29 heavy (non-hydrogen) atoms. The predicted octanol–water partition coefficient (Wildman–Crippen LogP) is 3.08. The average Bonchev–Trinajstić information content (AvgIpc) is 3.36. The molecule has 1 N–H and O–H groups in total. The van der Waals surface area contributed by atoms with Crippen molar-refractivity contribution in [1.29, 1.82) is 0 Å². The molecule has 0 spiro atoms. The minimum Gasteiger partial charge on any atom is -0.485 e. The summed E-state index contributed by atoms with van der Waals surface area (Å²) >= 11 is 0. The Kier molecular flexibility index (Phi) is 4.34. The van der Waals surface area contributed by atoms with Crippen LogP contribution in [0.4, 0.5) is 5.69 Å². The van der Waals surface area contributed by atoms with E-state index in [1.54, 1.807) is 36.4 Å². The molecule has 1 aliphatic heterocycles. The van der Waals surface area contributed by atoms with E-state index in [4.69, 9.17) is 9.47 Å². The van der Waals surface area contributed by atoms with Crippen LogP contribution >= 0.6 is 0 Å². The summed E-state index contributed by atoms with van der Waals surface area (Å²) in [6.45, 7) is -0.0498. The van der Waals surface area contributed by atoms with Crippen molar-refractivity contribution < 1.29 is 23.9 Å². The summed E-state index contributed by atoms with van der Waals surface area (Å²) in [4.78, 5) is 37.0. The van der Waals surface area contributed by atoms with E-state index >= 15 is 0 Å². The molecule has 5 rings (SSSR count). The smallest absolute Gasteiger partial charge is 0.310 e. The Morgan fingerprint density at radius 2 is 1.79 bits per heavy atom. The first-order valence-corrected chi connectivity index (χ1v) is 9.92. The molecule has 3 aliphatic rings. The summed E-state index contributed by atoms with van der Waals surface area (Å²) in [5.41, 5.74) is 1.25. The molecule has 2 bridgehead atoms. The molecule has 5 atom stereocenters. The van der Waals surface area contributed by atoms with Crippen LogP contribution in [-0.4, -0.2) is 30.4 Å². The van der Waals surface area contributed by atoms with Gasteiger partial charge in [0.1, 0.15) is 11.9 Å². The average molecular weight is 391 g/mol. The van der Waals surface area contributed by atoms with E-state index in [2.05, 4.69) is 5.32 Å². The Balaban J connectivity index is 1.18. The number of carbonyl (C=O) groups is 3. The van der Waals surface area contributed by atoms with Crippen LogP contribution in [0.3, 0.4) is 0 Å². The van der Waals surface area contributed by atoms with E-state index in [-0.39, 0.29) is 54.0 Å². The van der Waals surface area contributed by atoms with Gasteiger partial charge in [-0.05, 0) is 43.0 Å². The summed E-state index contributed by atoms with van der Waals surface area (Å²) in [6, 6.07) is 15.9. The summed E-state index contributed by atoms with van der Waals surface area (Å²) in [7, 11) is 0. The van der Waals surface area contributed by atoms with Crippen molar-refractivity contribution in [3.05, 3.63) is 60.2 Å². The molecule has 6 nitrogen and oxygen atoms in total. The molecule has 2 saturated carbocycles. The van der Waals surface area contributed by atoms with Crippen LogP contribution in [0.1, 0.15) is 23.2 Å². The molecular weight excluding hydrogens is 370 g/mol. The number of fused-ring (bicyclic) bond motifs is 1. The molecule has 0 radical (unpaired) electrons. The predicted molar refractivity (Wildman–Crippen MR) is 104 cm³/mol. The Morgan fingerprint density at radius 1 is 1.03 bits per heavy atom. The number of nitrogens with one attached hydrogen (secondary N) is 1. The van der Waals surface area contributed by atoms with Gasteiger partial charge >= 0.3 is 5.97 Å². The highest BCUT2D eigenvalue weighted by atomic mass is 16.6. The molecule has 2 aliphatic carbocycles. The number of esters is 1. The summed E-state index contributed by atoms with van der Waals surface area (Å²) in [6.07, 6.45) is 1.73. The lowest BCUT2D eigenvalue weighted by molar-refractivity contribution is -0.145. The summed E-state index contributed by atoms with van der Waals surface area (Å²) in [5, 5.41) is 2.92. The number of carbonyl (C=O) groups excluding carboxylic acids is 3. The van der Waals surface area contributed by atoms with Gasteiger partial charge in [0, 0.05) is 17.2 Å². The molecule has 6 heteroatoms. The van der Waals surface area contributed by atoms with Crippen molar-refractivity contribution in [3.63, 3.8) is 0 Å². The van der Waals surface area contributed by atoms with E-state index in [9.17, 15) is 14.4 Å². The van der Waals surface area contributed by atoms with E-state index in [1.807, 2.05) is 18.2 Å². The van der Waals surface area contributed by atoms with Gasteiger partial charge in [0.2, 0.25) is 5.91 Å². The molecule has 5 unspecified atom stereocenters. The zero-order chi connectivity index (χ0) is 20.0. The Hall–Kier alpha value is -3.15. The van der Waals surface area contributed by atoms with E-state index in [0.29, 0.717) is 17.0 Å². The first-order chi connectivity index (χ1) is 14.1. The quantitative estimate of drug-likeness (QED) is 0.605. The van der Waals surface area contributed by atoms with Gasteiger partial charge in [0.05, 0.1) is 11.8 Å². The number of ether oxygens (including phenoxy) is 2. The third-order valence-electron chi connectivity index (χ3n) is 6.37. The molecular formula is C23H21NO5. The fourth-order valence-corrected chi connectivity index (χ4v) is 5.08. The van der Waals surface area contributed by atoms with Crippen LogP contribution in [0, 0.1) is 23.7 Å². The standard InChI is InChI=1S/C23H21NO5/c25-18(13-4-2-1-3-5-13)12-28-16-8-6-15(7-9-16)24-22(26)20-14-10-17-19(11-14)29-23(27)21(17)20/h1-9,14,17,19-21H,10-12H2,(H,24,26). The van der Waals surface area contributed by atoms with Gasteiger partial charge in [-0.1, -0.05) is 30.3 Å². The van der Waals surface area contributed by atoms with Crippen molar-refractivity contribution in [3.8, 4) is 5.75 Å². The molecule has 0 aromatic heterocycles. The summed E-state index contributed by atoms with van der Waals surface area (Å²) < 4.78 is 11.0. The number of hydrogen-bond donors (Lipinski definition) is 1. The molecule has 3 fully saturated rings. The number of benzene rings is 2. The fourth-order valence-electron chi connectivity index (χ4n) is 5.08. The van der Waals surface area contributed by atoms with E-state index in [0.717, 1.165) is 12.8 Å². The third-order valence-corrected chi connectivity index (χ3v) is 6.37. The van der Waals surface area contributed by atoms with Gasteiger partial charge in [0.25, 0.3) is 0 Å². The molecule has 148 valence electrons. The van der Waals surface area contributed by atoms with Gasteiger partial charge in [-0.3, -0.25) is 14.4 Å². The number of anilines is 1. The molecule has 1 heterocycles. The maximum Gasteiger partial charge on any atom is 0.310 e. The third kappa shape index (κ3) is 3.18. The molecule has 2 aromatic carbocycles. The zero-order valence-corrected chi connectivity index (χ0v) is 15.7. The minimum atomic E-state index is -0.300. The lowest BCUT2D eigenvalue weighted by atomic mass is 9.79. The van der Waals surface area contributed by atoms with E-state index < -0.39 is 0 Å². The second kappa shape index (κ2) is 7.03.